The molecule has 0 saturated carbocycles. The summed E-state index contributed by atoms with van der Waals surface area (Å²) in [7, 11) is -8.85. The van der Waals surface area contributed by atoms with Gasteiger partial charge in [-0.05, 0) is 6.42 Å². The zero-order chi connectivity index (χ0) is 15.6. The van der Waals surface area contributed by atoms with Crippen LogP contribution < -0.4 is 0 Å². The monoisotopic (exact) mass is 354 g/mol. The molecule has 0 rings (SSSR count). The van der Waals surface area contributed by atoms with E-state index in [4.69, 9.17) is 9.11 Å². The molecule has 0 bridgehead atoms. The zero-order valence-corrected chi connectivity index (χ0v) is 13.6. The van der Waals surface area contributed by atoms with Gasteiger partial charge in [-0.25, -0.2) is 0 Å². The van der Waals surface area contributed by atoms with Gasteiger partial charge in [0, 0.05) is 0 Å². The summed E-state index contributed by atoms with van der Waals surface area (Å²) in [5.74, 6) is -0.942. The van der Waals surface area contributed by atoms with E-state index < -0.39 is 31.2 Å². The Kier molecular flexibility index (Phi) is 14.1. The van der Waals surface area contributed by atoms with E-state index in [0.29, 0.717) is 6.42 Å². The van der Waals surface area contributed by atoms with Crippen LogP contribution in [-0.2, 0) is 20.2 Å². The second-order valence-corrected chi connectivity index (χ2v) is 8.34. The molecule has 0 radical (unpaired) electrons. The summed E-state index contributed by atoms with van der Waals surface area (Å²) in [6.07, 6.45) is 8.17. The van der Waals surface area contributed by atoms with Gasteiger partial charge in [-0.1, -0.05) is 58.3 Å². The molecule has 1 unspecified atom stereocenters. The molecule has 9 heteroatoms. The Balaban J connectivity index is 0. The molecular weight excluding hydrogens is 327 g/mol. The molecular formula is C12H27NaO6S2. The van der Waals surface area contributed by atoms with Gasteiger partial charge in [0.05, 0.1) is 5.75 Å². The van der Waals surface area contributed by atoms with Crippen LogP contribution in [0.1, 0.15) is 64.7 Å². The van der Waals surface area contributed by atoms with E-state index in [0.717, 1.165) is 25.7 Å². The average Bonchev–Trinajstić information content (AvgIpc) is 2.28. The van der Waals surface area contributed by atoms with Gasteiger partial charge in [0.1, 0.15) is 5.25 Å². The van der Waals surface area contributed by atoms with Gasteiger partial charge >= 0.3 is 29.6 Å². The first-order valence-corrected chi connectivity index (χ1v) is 10.2. The van der Waals surface area contributed by atoms with Crippen LogP contribution in [0.3, 0.4) is 0 Å². The van der Waals surface area contributed by atoms with Gasteiger partial charge in [0.15, 0.2) is 0 Å². The van der Waals surface area contributed by atoms with Crippen LogP contribution in [0.25, 0.3) is 0 Å². The van der Waals surface area contributed by atoms with Gasteiger partial charge < -0.3 is 0 Å². The Labute approximate surface area is 150 Å². The van der Waals surface area contributed by atoms with Gasteiger partial charge in [-0.15, -0.1) is 0 Å². The summed E-state index contributed by atoms with van der Waals surface area (Å²) in [4.78, 5) is 0. The quantitative estimate of drug-likeness (QED) is 0.315. The third-order valence-corrected chi connectivity index (χ3v) is 5.48. The molecule has 1 atom stereocenters. The molecule has 0 spiro atoms. The molecule has 0 aromatic carbocycles. The second kappa shape index (κ2) is 12.3. The maximum atomic E-state index is 11.0. The fourth-order valence-corrected chi connectivity index (χ4v) is 4.36. The van der Waals surface area contributed by atoms with Gasteiger partial charge in [-0.3, -0.25) is 9.11 Å². The summed E-state index contributed by atoms with van der Waals surface area (Å²) in [5.41, 5.74) is 0. The fourth-order valence-electron chi connectivity index (χ4n) is 2.06. The molecule has 0 amide bonds. The van der Waals surface area contributed by atoms with Crippen molar-refractivity contribution < 1.29 is 25.9 Å². The van der Waals surface area contributed by atoms with E-state index in [1.165, 1.54) is 19.3 Å². The number of rotatable bonds is 12. The molecule has 0 aliphatic heterocycles. The molecule has 0 heterocycles. The summed E-state index contributed by atoms with van der Waals surface area (Å²) in [6.45, 7) is 2.14. The molecule has 21 heavy (non-hydrogen) atoms. The SMILES string of the molecule is CCCCCCCCCCC(CS(=O)(=O)O)S(=O)(=O)O.[NaH]. The molecule has 0 aliphatic rings. The fraction of sp³-hybridized carbons (Fsp3) is 1.00. The third kappa shape index (κ3) is 15.5. The third-order valence-electron chi connectivity index (χ3n) is 3.20. The Bertz CT molecular complexity index is 446. The van der Waals surface area contributed by atoms with Crippen molar-refractivity contribution >= 4 is 49.8 Å². The minimum absolute atomic E-state index is 0. The van der Waals surface area contributed by atoms with Crippen LogP contribution in [0.2, 0.25) is 0 Å². The van der Waals surface area contributed by atoms with Crippen molar-refractivity contribution in [2.75, 3.05) is 5.75 Å². The van der Waals surface area contributed by atoms with Gasteiger partial charge in [-0.2, -0.15) is 16.8 Å². The van der Waals surface area contributed by atoms with Crippen molar-refractivity contribution in [2.45, 2.75) is 70.0 Å². The van der Waals surface area contributed by atoms with Gasteiger partial charge in [0.25, 0.3) is 20.2 Å². The molecule has 0 fully saturated rings. The van der Waals surface area contributed by atoms with Crippen LogP contribution in [-0.4, -0.2) is 66.5 Å². The minimum atomic E-state index is -4.44. The van der Waals surface area contributed by atoms with E-state index in [1.54, 1.807) is 0 Å². The zero-order valence-electron chi connectivity index (χ0n) is 12.0. The van der Waals surface area contributed by atoms with E-state index >= 15 is 0 Å². The Morgan fingerprint density at radius 3 is 1.62 bits per heavy atom. The summed E-state index contributed by atoms with van der Waals surface area (Å²) in [5, 5.41) is -1.43. The molecule has 124 valence electrons. The first-order chi connectivity index (χ1) is 9.17. The molecule has 6 nitrogen and oxygen atoms in total. The van der Waals surface area contributed by atoms with Gasteiger partial charge in [0.2, 0.25) is 0 Å². The predicted molar refractivity (Wildman–Crippen MR) is 86.1 cm³/mol. The van der Waals surface area contributed by atoms with Crippen LogP contribution in [0.4, 0.5) is 0 Å². The van der Waals surface area contributed by atoms with E-state index in [9.17, 15) is 16.8 Å². The topological polar surface area (TPSA) is 109 Å². The van der Waals surface area contributed by atoms with E-state index in [2.05, 4.69) is 6.92 Å². The van der Waals surface area contributed by atoms with Crippen LogP contribution in [0, 0.1) is 0 Å². The summed E-state index contributed by atoms with van der Waals surface area (Å²) < 4.78 is 61.1. The van der Waals surface area contributed by atoms with Crippen molar-refractivity contribution in [1.82, 2.24) is 0 Å². The normalized spacial score (nSPS) is 13.7. The molecule has 2 N–H and O–H groups in total. The maximum absolute atomic E-state index is 11.0. The second-order valence-electron chi connectivity index (χ2n) is 5.15. The van der Waals surface area contributed by atoms with Crippen molar-refractivity contribution in [2.24, 2.45) is 0 Å². The van der Waals surface area contributed by atoms with Crippen LogP contribution >= 0.6 is 0 Å². The van der Waals surface area contributed by atoms with E-state index in [1.807, 2.05) is 0 Å². The number of hydrogen-bond acceptors (Lipinski definition) is 4. The van der Waals surface area contributed by atoms with E-state index in [-0.39, 0.29) is 36.0 Å². The van der Waals surface area contributed by atoms with Crippen LogP contribution in [0.15, 0.2) is 0 Å². The summed E-state index contributed by atoms with van der Waals surface area (Å²) in [6, 6.07) is 0. The first kappa shape index (κ1) is 24.1. The predicted octanol–water partition coefficient (Wildman–Crippen LogP) is 2.01. The van der Waals surface area contributed by atoms with Crippen molar-refractivity contribution in [1.29, 1.82) is 0 Å². The van der Waals surface area contributed by atoms with Crippen molar-refractivity contribution in [3.05, 3.63) is 0 Å². The Morgan fingerprint density at radius 1 is 0.810 bits per heavy atom. The number of unbranched alkanes of at least 4 members (excludes halogenated alkanes) is 7. The van der Waals surface area contributed by atoms with Crippen LogP contribution in [0.5, 0.6) is 0 Å². The van der Waals surface area contributed by atoms with Crippen molar-refractivity contribution in [3.63, 3.8) is 0 Å². The molecule has 0 aliphatic carbocycles. The molecule has 0 aromatic rings. The Hall–Kier alpha value is 0.820. The standard InChI is InChI=1S/C12H26O6S2.Na.H/c1-2-3-4-5-6-7-8-9-10-12(20(16,17)18)11-19(13,14)15;;/h12H,2-11H2,1H3,(H,13,14,15)(H,16,17,18);;. The first-order valence-electron chi connectivity index (χ1n) is 7.08. The Morgan fingerprint density at radius 2 is 1.24 bits per heavy atom. The summed E-state index contributed by atoms with van der Waals surface area (Å²) >= 11 is 0. The average molecular weight is 354 g/mol. The molecule has 0 saturated heterocycles. The van der Waals surface area contributed by atoms with Crippen molar-refractivity contribution in [3.8, 4) is 0 Å². The number of hydrogen-bond donors (Lipinski definition) is 2. The molecule has 0 aromatic heterocycles.